The number of carboxylic acids is 3. The van der Waals surface area contributed by atoms with Crippen LogP contribution in [0.1, 0.15) is 24.8 Å². The number of hydrogen-bond donors (Lipinski definition) is 5. The van der Waals surface area contributed by atoms with E-state index >= 15 is 0 Å². The summed E-state index contributed by atoms with van der Waals surface area (Å²) in [7, 11) is 0. The monoisotopic (exact) mass is 404 g/mol. The molecule has 1 atom stereocenters. The normalized spacial score (nSPS) is 15.7. The van der Waals surface area contributed by atoms with Crippen LogP contribution in [0.15, 0.2) is 12.3 Å². The molecule has 150 valence electrons. The van der Waals surface area contributed by atoms with Crippen molar-refractivity contribution in [1.82, 2.24) is 10.3 Å². The molecule has 0 aliphatic carbocycles. The Morgan fingerprint density at radius 1 is 1.30 bits per heavy atom. The van der Waals surface area contributed by atoms with Crippen molar-refractivity contribution >= 4 is 29.5 Å². The first-order valence-corrected chi connectivity index (χ1v) is 8.29. The van der Waals surface area contributed by atoms with Crippen LogP contribution in [0.5, 0.6) is 5.75 Å². The molecule has 1 saturated heterocycles. The minimum absolute atomic E-state index is 0.506. The molecule has 1 aromatic rings. The van der Waals surface area contributed by atoms with Crippen LogP contribution in [0.3, 0.4) is 0 Å². The van der Waals surface area contributed by atoms with Gasteiger partial charge in [0.1, 0.15) is 17.5 Å². The van der Waals surface area contributed by atoms with Crippen LogP contribution in [0.4, 0.5) is 0 Å². The molecule has 10 nitrogen and oxygen atoms in total. The maximum Gasteiger partial charge on any atom is 0.336 e. The van der Waals surface area contributed by atoms with Crippen LogP contribution < -0.4 is 10.1 Å². The van der Waals surface area contributed by atoms with Gasteiger partial charge in [0.05, 0.1) is 19.0 Å². The van der Waals surface area contributed by atoms with Gasteiger partial charge in [0.2, 0.25) is 0 Å². The first-order chi connectivity index (χ1) is 12.5. The molecule has 1 aliphatic rings. The minimum atomic E-state index is -2.74. The highest BCUT2D eigenvalue weighted by Crippen LogP contribution is 2.18. The Bertz CT molecular complexity index is 677. The van der Waals surface area contributed by atoms with Gasteiger partial charge in [-0.2, -0.15) is 0 Å². The lowest BCUT2D eigenvalue weighted by Crippen LogP contribution is -2.46. The molecule has 0 aromatic carbocycles. The fraction of sp³-hybridized carbons (Fsp3) is 0.500. The van der Waals surface area contributed by atoms with Crippen molar-refractivity contribution in [3.63, 3.8) is 0 Å². The first kappa shape index (κ1) is 22.6. The van der Waals surface area contributed by atoms with Gasteiger partial charge in [0.25, 0.3) is 0 Å². The van der Waals surface area contributed by atoms with Gasteiger partial charge in [-0.15, -0.1) is 0 Å². The molecule has 1 aliphatic heterocycles. The standard InChI is InChI=1S/C10H13ClN2O.C6H8O7/c1-7-4-9(5-13-10(7)11)14-6-8-2-3-12-8;7-3(8)1-6(13,5(11)12)2-4(9)10/h4-5,8,12H,2-3,6H2,1H3;13H,1-2H2,(H,7,8)(H,9,10)(H,11,12)/t8-;/m1./s1. The smallest absolute Gasteiger partial charge is 0.336 e. The van der Waals surface area contributed by atoms with Crippen LogP contribution in [0.25, 0.3) is 0 Å². The summed E-state index contributed by atoms with van der Waals surface area (Å²) in [5.41, 5.74) is -1.79. The minimum Gasteiger partial charge on any atom is -0.490 e. The van der Waals surface area contributed by atoms with E-state index in [1.807, 2.05) is 13.0 Å². The quantitative estimate of drug-likeness (QED) is 0.385. The Morgan fingerprint density at radius 3 is 2.22 bits per heavy atom. The average molecular weight is 405 g/mol. The molecule has 0 saturated carbocycles. The van der Waals surface area contributed by atoms with Crippen LogP contribution in [0, 0.1) is 6.92 Å². The number of aromatic nitrogens is 1. The summed E-state index contributed by atoms with van der Waals surface area (Å²) in [4.78, 5) is 34.5. The first-order valence-electron chi connectivity index (χ1n) is 7.91. The zero-order valence-electron chi connectivity index (χ0n) is 14.5. The number of nitrogens with zero attached hydrogens (tertiary/aromatic N) is 1. The van der Waals surface area contributed by atoms with E-state index in [1.165, 1.54) is 6.42 Å². The van der Waals surface area contributed by atoms with Crippen molar-refractivity contribution < 1.29 is 39.5 Å². The highest BCUT2D eigenvalue weighted by atomic mass is 35.5. The molecule has 11 heteroatoms. The number of carboxylic acid groups (broad SMARTS) is 3. The number of rotatable bonds is 8. The van der Waals surface area contributed by atoms with Gasteiger partial charge in [-0.05, 0) is 31.5 Å². The maximum atomic E-state index is 10.3. The number of halogens is 1. The van der Waals surface area contributed by atoms with Crippen LogP contribution in [-0.2, 0) is 14.4 Å². The van der Waals surface area contributed by atoms with Gasteiger partial charge < -0.3 is 30.5 Å². The molecule has 0 unspecified atom stereocenters. The molecule has 1 aromatic heterocycles. The number of carbonyl (C=O) groups is 3. The molecular formula is C16H21ClN2O8. The highest BCUT2D eigenvalue weighted by molar-refractivity contribution is 6.30. The molecule has 0 amide bonds. The van der Waals surface area contributed by atoms with Crippen LogP contribution in [0.2, 0.25) is 5.15 Å². The van der Waals surface area contributed by atoms with Gasteiger partial charge in [-0.1, -0.05) is 11.6 Å². The summed E-state index contributed by atoms with van der Waals surface area (Å²) < 4.78 is 5.56. The third-order valence-electron chi connectivity index (χ3n) is 3.65. The number of pyridine rings is 1. The summed E-state index contributed by atoms with van der Waals surface area (Å²) in [6.07, 6.45) is 0.567. The predicted molar refractivity (Wildman–Crippen MR) is 93.0 cm³/mol. The molecule has 5 N–H and O–H groups in total. The second-order valence-electron chi connectivity index (χ2n) is 6.01. The Balaban J connectivity index is 0.000000271. The summed E-state index contributed by atoms with van der Waals surface area (Å²) >= 11 is 5.80. The number of hydrogen-bond acceptors (Lipinski definition) is 7. The van der Waals surface area contributed by atoms with Gasteiger partial charge in [-0.3, -0.25) is 9.59 Å². The van der Waals surface area contributed by atoms with E-state index in [0.717, 1.165) is 17.9 Å². The summed E-state index contributed by atoms with van der Waals surface area (Å²) in [5.74, 6) is -4.23. The van der Waals surface area contributed by atoms with Crippen molar-refractivity contribution in [2.75, 3.05) is 13.2 Å². The van der Waals surface area contributed by atoms with Crippen molar-refractivity contribution in [1.29, 1.82) is 0 Å². The average Bonchev–Trinajstić information content (AvgIpc) is 2.48. The third-order valence-corrected chi connectivity index (χ3v) is 4.05. The fourth-order valence-corrected chi connectivity index (χ4v) is 2.12. The Kier molecular flexibility index (Phi) is 8.41. The number of ether oxygens (including phenoxy) is 1. The highest BCUT2D eigenvalue weighted by Gasteiger charge is 2.40. The Labute approximate surface area is 159 Å². The van der Waals surface area contributed by atoms with E-state index in [2.05, 4.69) is 10.3 Å². The summed E-state index contributed by atoms with van der Waals surface area (Å²) in [5, 5.41) is 37.6. The van der Waals surface area contributed by atoms with Crippen molar-refractivity contribution in [2.45, 2.75) is 37.8 Å². The number of nitrogens with one attached hydrogen (secondary N) is 1. The second kappa shape index (κ2) is 10.0. The summed E-state index contributed by atoms with van der Waals surface area (Å²) in [6, 6.07) is 2.42. The molecule has 27 heavy (non-hydrogen) atoms. The van der Waals surface area contributed by atoms with E-state index in [9.17, 15) is 14.4 Å². The Hall–Kier alpha value is -2.43. The topological polar surface area (TPSA) is 166 Å². The van der Waals surface area contributed by atoms with Gasteiger partial charge in [0.15, 0.2) is 5.60 Å². The number of aliphatic hydroxyl groups is 1. The van der Waals surface area contributed by atoms with Crippen molar-refractivity contribution in [3.05, 3.63) is 23.0 Å². The Morgan fingerprint density at radius 2 is 1.85 bits per heavy atom. The van der Waals surface area contributed by atoms with Crippen molar-refractivity contribution in [3.8, 4) is 5.75 Å². The largest absolute Gasteiger partial charge is 0.490 e. The molecular weight excluding hydrogens is 384 g/mol. The van der Waals surface area contributed by atoms with Gasteiger partial charge in [0, 0.05) is 6.04 Å². The molecule has 1 fully saturated rings. The van der Waals surface area contributed by atoms with Gasteiger partial charge in [-0.25, -0.2) is 9.78 Å². The van der Waals surface area contributed by atoms with E-state index in [-0.39, 0.29) is 0 Å². The van der Waals surface area contributed by atoms with E-state index in [1.54, 1.807) is 6.20 Å². The molecule has 0 bridgehead atoms. The zero-order chi connectivity index (χ0) is 20.6. The fourth-order valence-electron chi connectivity index (χ4n) is 2.01. The number of aliphatic carboxylic acids is 3. The van der Waals surface area contributed by atoms with Crippen molar-refractivity contribution in [2.24, 2.45) is 0 Å². The lowest BCUT2D eigenvalue weighted by molar-refractivity contribution is -0.170. The SMILES string of the molecule is Cc1cc(OC[C@H]2CCN2)cnc1Cl.O=C(O)CC(O)(CC(=O)O)C(=O)O. The maximum absolute atomic E-state index is 10.3. The second-order valence-corrected chi connectivity index (χ2v) is 6.37. The molecule has 0 spiro atoms. The van der Waals surface area contributed by atoms with E-state index in [4.69, 9.17) is 36.8 Å². The predicted octanol–water partition coefficient (Wildman–Crippen LogP) is 0.536. The number of aryl methyl sites for hydroxylation is 1. The lowest BCUT2D eigenvalue weighted by atomic mass is 9.96. The van der Waals surface area contributed by atoms with E-state index < -0.39 is 36.4 Å². The third kappa shape index (κ3) is 7.77. The van der Waals surface area contributed by atoms with Gasteiger partial charge >= 0.3 is 17.9 Å². The van der Waals surface area contributed by atoms with E-state index in [0.29, 0.717) is 17.8 Å². The zero-order valence-corrected chi connectivity index (χ0v) is 15.3. The molecule has 2 rings (SSSR count). The molecule has 2 heterocycles. The van der Waals surface area contributed by atoms with Crippen LogP contribution >= 0.6 is 11.6 Å². The molecule has 0 radical (unpaired) electrons. The van der Waals surface area contributed by atoms with Crippen LogP contribution in [-0.4, -0.2) is 68.1 Å². The lowest BCUT2D eigenvalue weighted by Gasteiger charge is -2.27. The summed E-state index contributed by atoms with van der Waals surface area (Å²) in [6.45, 7) is 3.73.